The molecule has 0 unspecified atom stereocenters. The maximum Gasteiger partial charge on any atom is 0.306 e. The summed E-state index contributed by atoms with van der Waals surface area (Å²) in [5.74, 6) is 1.87. The van der Waals surface area contributed by atoms with Gasteiger partial charge in [-0.2, -0.15) is 0 Å². The summed E-state index contributed by atoms with van der Waals surface area (Å²) in [6.07, 6.45) is 6.31. The largest absolute Gasteiger partial charge is 0.490 e. The Bertz CT molecular complexity index is 953. The van der Waals surface area contributed by atoms with Crippen LogP contribution in [0.1, 0.15) is 61.6 Å². The second-order valence-electron chi connectivity index (χ2n) is 9.94. The molecule has 2 heterocycles. The first-order valence-corrected chi connectivity index (χ1v) is 11.8. The summed E-state index contributed by atoms with van der Waals surface area (Å²) in [5, 5.41) is 0.948. The summed E-state index contributed by atoms with van der Waals surface area (Å²) < 4.78 is 17.5. The van der Waals surface area contributed by atoms with Gasteiger partial charge in [-0.3, -0.25) is 4.79 Å². The van der Waals surface area contributed by atoms with E-state index in [4.69, 9.17) is 14.2 Å². The lowest BCUT2D eigenvalue weighted by Gasteiger charge is -2.31. The molecule has 1 aromatic heterocycles. The van der Waals surface area contributed by atoms with Crippen LogP contribution in [0.15, 0.2) is 18.3 Å². The van der Waals surface area contributed by atoms with Crippen molar-refractivity contribution in [1.29, 1.82) is 0 Å². The van der Waals surface area contributed by atoms with Crippen molar-refractivity contribution in [2.24, 2.45) is 5.92 Å². The highest BCUT2D eigenvalue weighted by atomic mass is 16.6. The predicted molar refractivity (Wildman–Crippen MR) is 128 cm³/mol. The highest BCUT2D eigenvalue weighted by molar-refractivity contribution is 5.88. The first kappa shape index (κ1) is 22.8. The maximum absolute atomic E-state index is 12.2. The van der Waals surface area contributed by atoms with E-state index in [2.05, 4.69) is 27.0 Å². The van der Waals surface area contributed by atoms with E-state index in [-0.39, 0.29) is 14.9 Å². The minimum Gasteiger partial charge on any atom is -0.490 e. The average Bonchev–Trinajstić information content (AvgIpc) is 2.74. The zero-order chi connectivity index (χ0) is 22.7. The van der Waals surface area contributed by atoms with Crippen molar-refractivity contribution < 1.29 is 21.9 Å². The molecule has 1 aliphatic heterocycles. The molecule has 2 fully saturated rings. The predicted octanol–water partition coefficient (Wildman–Crippen LogP) is 4.94. The van der Waals surface area contributed by atoms with Crippen molar-refractivity contribution in [1.82, 2.24) is 9.97 Å². The smallest absolute Gasteiger partial charge is 0.306 e. The Kier molecular flexibility index (Phi) is 6.84. The molecule has 7 nitrogen and oxygen atoms in total. The molecule has 2 aromatic rings. The van der Waals surface area contributed by atoms with Crippen LogP contribution in [0.25, 0.3) is 10.9 Å². The summed E-state index contributed by atoms with van der Waals surface area (Å²) >= 11 is 0. The SMILES string of the molecule is Cc1ncc2c(OC3CCC(CC(=O)OC(C)(C)C)CC3)cc(N3CCOCC3)cc2n1.[HH].[HH]. The molecule has 7 heteroatoms. The van der Waals surface area contributed by atoms with Gasteiger partial charge in [0.05, 0.1) is 30.2 Å². The van der Waals surface area contributed by atoms with E-state index in [0.29, 0.717) is 12.3 Å². The summed E-state index contributed by atoms with van der Waals surface area (Å²) in [5.41, 5.74) is 1.60. The molecule has 1 aromatic carbocycles. The summed E-state index contributed by atoms with van der Waals surface area (Å²) in [4.78, 5) is 23.6. The quantitative estimate of drug-likeness (QED) is 0.604. The van der Waals surface area contributed by atoms with Crippen LogP contribution in [0.3, 0.4) is 0 Å². The molecule has 178 valence electrons. The van der Waals surface area contributed by atoms with Gasteiger partial charge >= 0.3 is 5.97 Å². The molecule has 4 rings (SSSR count). The minimum absolute atomic E-state index is 0. The molecule has 1 saturated carbocycles. The van der Waals surface area contributed by atoms with Crippen LogP contribution in [0, 0.1) is 12.8 Å². The number of fused-ring (bicyclic) bond motifs is 1. The van der Waals surface area contributed by atoms with Crippen molar-refractivity contribution >= 4 is 22.6 Å². The van der Waals surface area contributed by atoms with Gasteiger partial charge in [0.15, 0.2) is 0 Å². The third-order valence-corrected chi connectivity index (χ3v) is 6.11. The van der Waals surface area contributed by atoms with Gasteiger partial charge < -0.3 is 19.1 Å². The maximum atomic E-state index is 12.2. The van der Waals surface area contributed by atoms with E-state index < -0.39 is 5.60 Å². The van der Waals surface area contributed by atoms with Crippen molar-refractivity contribution in [2.45, 2.75) is 71.5 Å². The van der Waals surface area contributed by atoms with Crippen LogP contribution in [0.2, 0.25) is 0 Å². The molecule has 0 bridgehead atoms. The molecule has 0 atom stereocenters. The van der Waals surface area contributed by atoms with Gasteiger partial charge in [-0.25, -0.2) is 9.97 Å². The Morgan fingerprint density at radius 1 is 1.19 bits per heavy atom. The third kappa shape index (κ3) is 5.88. The number of benzene rings is 1. The molecule has 0 amide bonds. The van der Waals surface area contributed by atoms with Gasteiger partial charge in [0, 0.05) is 40.3 Å². The first-order chi connectivity index (χ1) is 15.3. The number of carbonyl (C=O) groups excluding carboxylic acids is 1. The molecule has 0 N–H and O–H groups in total. The number of carbonyl (C=O) groups is 1. The fourth-order valence-corrected chi connectivity index (χ4v) is 4.54. The lowest BCUT2D eigenvalue weighted by molar-refractivity contribution is -0.156. The Morgan fingerprint density at radius 3 is 2.59 bits per heavy atom. The Morgan fingerprint density at radius 2 is 1.91 bits per heavy atom. The lowest BCUT2D eigenvalue weighted by atomic mass is 9.85. The normalized spacial score (nSPS) is 22.1. The van der Waals surface area contributed by atoms with Crippen LogP contribution in [0.5, 0.6) is 5.75 Å². The van der Waals surface area contributed by atoms with E-state index in [9.17, 15) is 4.79 Å². The Labute approximate surface area is 193 Å². The van der Waals surface area contributed by atoms with Crippen LogP contribution < -0.4 is 9.64 Å². The third-order valence-electron chi connectivity index (χ3n) is 6.11. The number of nitrogens with zero attached hydrogens (tertiary/aromatic N) is 3. The van der Waals surface area contributed by atoms with Gasteiger partial charge in [0.1, 0.15) is 17.2 Å². The van der Waals surface area contributed by atoms with Gasteiger partial charge in [-0.15, -0.1) is 0 Å². The summed E-state index contributed by atoms with van der Waals surface area (Å²) in [7, 11) is 0. The lowest BCUT2D eigenvalue weighted by Crippen LogP contribution is -2.36. The Balaban J connectivity index is 0.00000204. The number of rotatable bonds is 5. The van der Waals surface area contributed by atoms with E-state index in [1.165, 1.54) is 0 Å². The molecule has 32 heavy (non-hydrogen) atoms. The van der Waals surface area contributed by atoms with Gasteiger partial charge in [0.25, 0.3) is 0 Å². The summed E-state index contributed by atoms with van der Waals surface area (Å²) in [6, 6.07) is 4.25. The van der Waals surface area contributed by atoms with Crippen LogP contribution in [-0.4, -0.2) is 53.9 Å². The van der Waals surface area contributed by atoms with Crippen molar-refractivity contribution in [3.63, 3.8) is 0 Å². The highest BCUT2D eigenvalue weighted by Gasteiger charge is 2.27. The molecule has 0 spiro atoms. The second kappa shape index (κ2) is 9.61. The van der Waals surface area contributed by atoms with Crippen molar-refractivity contribution in [3.8, 4) is 5.75 Å². The summed E-state index contributed by atoms with van der Waals surface area (Å²) in [6.45, 7) is 10.9. The van der Waals surface area contributed by atoms with Crippen molar-refractivity contribution in [2.75, 3.05) is 31.2 Å². The molecular weight excluding hydrogens is 406 g/mol. The molecule has 1 aliphatic carbocycles. The zero-order valence-electron chi connectivity index (χ0n) is 19.7. The van der Waals surface area contributed by atoms with E-state index in [1.54, 1.807) is 0 Å². The van der Waals surface area contributed by atoms with Crippen LogP contribution in [0.4, 0.5) is 5.69 Å². The van der Waals surface area contributed by atoms with Gasteiger partial charge in [-0.1, -0.05) is 0 Å². The van der Waals surface area contributed by atoms with Crippen LogP contribution in [-0.2, 0) is 14.3 Å². The number of hydrogen-bond donors (Lipinski definition) is 0. The Hall–Kier alpha value is -2.41. The minimum atomic E-state index is -0.426. The molecule has 2 aliphatic rings. The zero-order valence-corrected chi connectivity index (χ0v) is 19.7. The highest BCUT2D eigenvalue weighted by Crippen LogP contribution is 2.35. The van der Waals surface area contributed by atoms with Gasteiger partial charge in [-0.05, 0) is 65.4 Å². The van der Waals surface area contributed by atoms with E-state index >= 15 is 0 Å². The number of anilines is 1. The van der Waals surface area contributed by atoms with Crippen LogP contribution >= 0.6 is 0 Å². The topological polar surface area (TPSA) is 73.8 Å². The molecule has 0 radical (unpaired) electrons. The standard InChI is InChI=1S/C25H35N3O4.2H2/c1-17-26-16-21-22(27-17)14-19(28-9-11-30-12-10-28)15-23(21)31-20-7-5-18(6-8-20)13-24(29)32-25(2,3)4;;/h14-16,18,20H,5-13H2,1-4H3;2*1H. The number of morpholine rings is 1. The number of ether oxygens (including phenoxy) is 3. The first-order valence-electron chi connectivity index (χ1n) is 11.8. The monoisotopic (exact) mass is 445 g/mol. The van der Waals surface area contributed by atoms with E-state index in [1.807, 2.05) is 33.9 Å². The number of aromatic nitrogens is 2. The average molecular weight is 446 g/mol. The number of esters is 1. The van der Waals surface area contributed by atoms with E-state index in [0.717, 1.165) is 80.2 Å². The molecule has 1 saturated heterocycles. The fourth-order valence-electron chi connectivity index (χ4n) is 4.54. The van der Waals surface area contributed by atoms with Gasteiger partial charge in [0.2, 0.25) is 0 Å². The number of hydrogen-bond acceptors (Lipinski definition) is 7. The fraction of sp³-hybridized carbons (Fsp3) is 0.640. The second-order valence-corrected chi connectivity index (χ2v) is 9.94. The van der Waals surface area contributed by atoms with Crippen molar-refractivity contribution in [3.05, 3.63) is 24.2 Å². The molecular formula is C25H39N3O4. The number of aryl methyl sites for hydroxylation is 1.